The van der Waals surface area contributed by atoms with E-state index in [-0.39, 0.29) is 47.2 Å². The van der Waals surface area contributed by atoms with Crippen LogP contribution in [0.2, 0.25) is 0 Å². The SMILES string of the molecule is O[C@@H]1[C@@H](O)[C@@H](O)OC[C@H]1O.[Ca+2].[H-].[H-]. The summed E-state index contributed by atoms with van der Waals surface area (Å²) in [6, 6.07) is 0. The summed E-state index contributed by atoms with van der Waals surface area (Å²) in [5.74, 6) is 0. The van der Waals surface area contributed by atoms with Gasteiger partial charge in [-0.15, -0.1) is 0 Å². The largest absolute Gasteiger partial charge is 2.00 e. The van der Waals surface area contributed by atoms with Gasteiger partial charge in [0.1, 0.15) is 18.3 Å². The Bertz CT molecular complexity index is 115. The maximum Gasteiger partial charge on any atom is 2.00 e. The van der Waals surface area contributed by atoms with E-state index in [9.17, 15) is 0 Å². The number of aliphatic hydroxyl groups is 4. The molecule has 0 aromatic rings. The summed E-state index contributed by atoms with van der Waals surface area (Å²) in [6.45, 7) is -0.153. The summed E-state index contributed by atoms with van der Waals surface area (Å²) in [5, 5.41) is 35.3. The molecule has 0 spiro atoms. The maximum absolute atomic E-state index is 8.88. The molecule has 0 radical (unpaired) electrons. The van der Waals surface area contributed by atoms with E-state index in [1.807, 2.05) is 0 Å². The van der Waals surface area contributed by atoms with Crippen LogP contribution in [-0.2, 0) is 4.74 Å². The third-order valence-electron chi connectivity index (χ3n) is 1.47. The summed E-state index contributed by atoms with van der Waals surface area (Å²) in [7, 11) is 0. The Morgan fingerprint density at radius 2 is 1.64 bits per heavy atom. The Morgan fingerprint density at radius 3 is 2.09 bits per heavy atom. The zero-order valence-corrected chi connectivity index (χ0v) is 8.13. The van der Waals surface area contributed by atoms with Crippen LogP contribution in [0.25, 0.3) is 0 Å². The van der Waals surface area contributed by atoms with Crippen molar-refractivity contribution in [2.75, 3.05) is 6.61 Å². The van der Waals surface area contributed by atoms with Gasteiger partial charge in [-0.2, -0.15) is 0 Å². The molecule has 1 aliphatic rings. The van der Waals surface area contributed by atoms with Crippen LogP contribution in [0.3, 0.4) is 0 Å². The van der Waals surface area contributed by atoms with Gasteiger partial charge in [-0.3, -0.25) is 0 Å². The van der Waals surface area contributed by atoms with E-state index in [1.54, 1.807) is 0 Å². The van der Waals surface area contributed by atoms with Crippen molar-refractivity contribution in [3.8, 4) is 0 Å². The second kappa shape index (κ2) is 4.93. The van der Waals surface area contributed by atoms with E-state index in [0.29, 0.717) is 0 Å². The van der Waals surface area contributed by atoms with Crippen molar-refractivity contribution in [3.05, 3.63) is 0 Å². The van der Waals surface area contributed by atoms with E-state index in [1.165, 1.54) is 0 Å². The molecule has 1 rings (SSSR count). The number of hydrogen-bond acceptors (Lipinski definition) is 5. The average molecular weight is 192 g/mol. The quantitative estimate of drug-likeness (QED) is 0.313. The molecule has 0 aliphatic carbocycles. The van der Waals surface area contributed by atoms with Gasteiger partial charge in [-0.1, -0.05) is 0 Å². The molecule has 1 heterocycles. The smallest absolute Gasteiger partial charge is 1.00 e. The van der Waals surface area contributed by atoms with Crippen molar-refractivity contribution in [2.24, 2.45) is 0 Å². The second-order valence-electron chi connectivity index (χ2n) is 2.27. The van der Waals surface area contributed by atoms with Crippen molar-refractivity contribution in [1.29, 1.82) is 0 Å². The van der Waals surface area contributed by atoms with Gasteiger partial charge in [0.25, 0.3) is 0 Å². The van der Waals surface area contributed by atoms with Crippen LogP contribution in [0.5, 0.6) is 0 Å². The summed E-state index contributed by atoms with van der Waals surface area (Å²) in [4.78, 5) is 0. The summed E-state index contributed by atoms with van der Waals surface area (Å²) in [6.07, 6.45) is -5.23. The Labute approximate surface area is 96.6 Å². The molecule has 11 heavy (non-hydrogen) atoms. The molecule has 1 aliphatic heterocycles. The van der Waals surface area contributed by atoms with Gasteiger partial charge in [0, 0.05) is 0 Å². The maximum atomic E-state index is 8.88. The topological polar surface area (TPSA) is 90.2 Å². The van der Waals surface area contributed by atoms with Gasteiger partial charge in [-0.05, 0) is 0 Å². The van der Waals surface area contributed by atoms with Crippen LogP contribution in [0.1, 0.15) is 2.85 Å². The Kier molecular flexibility index (Phi) is 5.41. The summed E-state index contributed by atoms with van der Waals surface area (Å²) < 4.78 is 4.47. The first-order valence-corrected chi connectivity index (χ1v) is 2.97. The van der Waals surface area contributed by atoms with E-state index in [2.05, 4.69) is 4.74 Å². The van der Waals surface area contributed by atoms with Gasteiger partial charge >= 0.3 is 37.7 Å². The minimum absolute atomic E-state index is 0. The number of rotatable bonds is 0. The molecule has 0 amide bonds. The fraction of sp³-hybridized carbons (Fsp3) is 1.00. The van der Waals surface area contributed by atoms with E-state index in [0.717, 1.165) is 0 Å². The Balaban J connectivity index is -0.000000333. The van der Waals surface area contributed by atoms with E-state index < -0.39 is 24.6 Å². The number of ether oxygens (including phenoxy) is 1. The number of aliphatic hydroxyl groups excluding tert-OH is 4. The first-order valence-electron chi connectivity index (χ1n) is 2.97. The molecular formula is C5H12CaO5. The molecule has 4 N–H and O–H groups in total. The molecule has 0 aromatic carbocycles. The van der Waals surface area contributed by atoms with Crippen LogP contribution >= 0.6 is 0 Å². The van der Waals surface area contributed by atoms with Gasteiger partial charge in [0.05, 0.1) is 6.61 Å². The normalized spacial score (nSPS) is 44.7. The van der Waals surface area contributed by atoms with Crippen LogP contribution in [0.4, 0.5) is 0 Å². The van der Waals surface area contributed by atoms with Gasteiger partial charge in [0.15, 0.2) is 6.29 Å². The molecule has 1 fully saturated rings. The molecule has 6 heteroatoms. The zero-order chi connectivity index (χ0) is 7.72. The third-order valence-corrected chi connectivity index (χ3v) is 1.47. The van der Waals surface area contributed by atoms with Crippen LogP contribution in [-0.4, -0.2) is 89.4 Å². The van der Waals surface area contributed by atoms with Crippen molar-refractivity contribution < 1.29 is 28.0 Å². The molecule has 0 bridgehead atoms. The monoisotopic (exact) mass is 192 g/mol. The Morgan fingerprint density at radius 1 is 1.09 bits per heavy atom. The molecule has 0 aromatic heterocycles. The Hall–Kier alpha value is 1.06. The molecule has 0 unspecified atom stereocenters. The molecule has 1 saturated heterocycles. The minimum atomic E-state index is -1.41. The van der Waals surface area contributed by atoms with Crippen LogP contribution in [0, 0.1) is 0 Å². The van der Waals surface area contributed by atoms with Crippen molar-refractivity contribution in [1.82, 2.24) is 0 Å². The zero-order valence-electron chi connectivity index (χ0n) is 7.92. The summed E-state index contributed by atoms with van der Waals surface area (Å²) >= 11 is 0. The number of hydrogen-bond donors (Lipinski definition) is 4. The van der Waals surface area contributed by atoms with Crippen molar-refractivity contribution >= 4 is 37.7 Å². The van der Waals surface area contributed by atoms with Crippen LogP contribution in [0.15, 0.2) is 0 Å². The third kappa shape index (κ3) is 2.78. The molecule has 4 atom stereocenters. The van der Waals surface area contributed by atoms with Gasteiger partial charge < -0.3 is 28.0 Å². The van der Waals surface area contributed by atoms with Gasteiger partial charge in [-0.25, -0.2) is 0 Å². The van der Waals surface area contributed by atoms with Gasteiger partial charge in [0.2, 0.25) is 0 Å². The first-order chi connectivity index (χ1) is 4.63. The second-order valence-corrected chi connectivity index (χ2v) is 2.27. The fourth-order valence-electron chi connectivity index (χ4n) is 0.791. The summed E-state index contributed by atoms with van der Waals surface area (Å²) in [5.41, 5.74) is 0. The fourth-order valence-corrected chi connectivity index (χ4v) is 0.791. The van der Waals surface area contributed by atoms with Crippen molar-refractivity contribution in [2.45, 2.75) is 24.6 Å². The average Bonchev–Trinajstić information content (AvgIpc) is 1.93. The van der Waals surface area contributed by atoms with Crippen molar-refractivity contribution in [3.63, 3.8) is 0 Å². The molecule has 5 nitrogen and oxygen atoms in total. The minimum Gasteiger partial charge on any atom is -1.00 e. The molecular weight excluding hydrogens is 180 g/mol. The standard InChI is InChI=1S/C5H10O5.Ca.2H/c6-2-1-10-5(9)4(8)3(2)7;;;/h2-9H,1H2;;;/q;+2;2*-1/t2-,3+,4-,5+;;;/m1.../s1. The molecule has 64 valence electrons. The first kappa shape index (κ1) is 12.1. The predicted molar refractivity (Wildman–Crippen MR) is 38.0 cm³/mol. The van der Waals surface area contributed by atoms with E-state index in [4.69, 9.17) is 20.4 Å². The van der Waals surface area contributed by atoms with E-state index >= 15 is 0 Å². The van der Waals surface area contributed by atoms with Crippen LogP contribution < -0.4 is 0 Å². The molecule has 0 saturated carbocycles. The predicted octanol–water partition coefficient (Wildman–Crippen LogP) is -2.74.